The summed E-state index contributed by atoms with van der Waals surface area (Å²) in [6.07, 6.45) is -1.58. The van der Waals surface area contributed by atoms with Gasteiger partial charge in [-0.2, -0.15) is 8.42 Å². The molecule has 3 N–H and O–H groups in total. The molecule has 7 nitrogen and oxygen atoms in total. The van der Waals surface area contributed by atoms with Gasteiger partial charge in [0.2, 0.25) is 0 Å². The Hall–Kier alpha value is -0.680. The third-order valence-corrected chi connectivity index (χ3v) is 8.56. The molecule has 1 aromatic carbocycles. The van der Waals surface area contributed by atoms with E-state index in [1.54, 1.807) is 0 Å². The number of aliphatic hydroxyl groups is 2. The Bertz CT molecular complexity index is 668. The Kier molecular flexibility index (Phi) is 8.54. The van der Waals surface area contributed by atoms with Crippen molar-refractivity contribution in [2.24, 2.45) is 5.92 Å². The Labute approximate surface area is 164 Å². The van der Waals surface area contributed by atoms with Crippen molar-refractivity contribution >= 4 is 21.3 Å². The first kappa shape index (κ1) is 22.6. The van der Waals surface area contributed by atoms with Gasteiger partial charge in [-0.05, 0) is 22.9 Å². The summed E-state index contributed by atoms with van der Waals surface area (Å²) in [6, 6.07) is 9.92. The topological polar surface area (TPSA) is 113 Å². The summed E-state index contributed by atoms with van der Waals surface area (Å²) < 4.78 is 41.1. The second kappa shape index (κ2) is 10.2. The highest BCUT2D eigenvalue weighted by molar-refractivity contribution is 7.97. The molecular weight excluding hydrogens is 392 g/mol. The van der Waals surface area contributed by atoms with Gasteiger partial charge in [-0.25, -0.2) is 4.18 Å². The molecule has 0 amide bonds. The number of benzene rings is 1. The molecule has 2 rings (SSSR count). The van der Waals surface area contributed by atoms with Gasteiger partial charge in [-0.1, -0.05) is 44.2 Å². The molecule has 1 saturated heterocycles. The van der Waals surface area contributed by atoms with Crippen molar-refractivity contribution in [3.8, 4) is 0 Å². The summed E-state index contributed by atoms with van der Waals surface area (Å²) in [7, 11) is -4.94. The van der Waals surface area contributed by atoms with Gasteiger partial charge in [-0.3, -0.25) is 4.55 Å². The maximum atomic E-state index is 10.9. The lowest BCUT2D eigenvalue weighted by atomic mass is 10.0. The van der Waals surface area contributed by atoms with Crippen LogP contribution in [0.3, 0.4) is 0 Å². The Balaban J connectivity index is 1.97. The molecule has 154 valence electrons. The highest BCUT2D eigenvalue weighted by Crippen LogP contribution is 2.34. The number of rotatable bonds is 10. The van der Waals surface area contributed by atoms with Crippen LogP contribution in [0.15, 0.2) is 30.3 Å². The van der Waals surface area contributed by atoms with Gasteiger partial charge in [0, 0.05) is 5.92 Å². The van der Waals surface area contributed by atoms with Crippen LogP contribution >= 0.6 is 0 Å². The van der Waals surface area contributed by atoms with E-state index in [1.165, 1.54) is 0 Å². The van der Waals surface area contributed by atoms with Gasteiger partial charge in [-0.15, -0.1) is 0 Å². The van der Waals surface area contributed by atoms with E-state index in [0.717, 1.165) is 17.7 Å². The maximum absolute atomic E-state index is 10.9. The minimum atomic E-state index is -4.74. The second-order valence-corrected chi connectivity index (χ2v) is 10.2. The molecule has 0 saturated carbocycles. The van der Waals surface area contributed by atoms with E-state index in [-0.39, 0.29) is 17.0 Å². The SMILES string of the molecule is CC[C@@H]1[C@@H](C)[C@H](OCc2ccccc2)C[S+]1C[C@@H](O)[C@H](CO)OS(=O)(=O)O. The fourth-order valence-corrected chi connectivity index (χ4v) is 7.37. The molecule has 0 radical (unpaired) electrons. The Morgan fingerprint density at radius 1 is 1.30 bits per heavy atom. The molecule has 1 aromatic rings. The van der Waals surface area contributed by atoms with E-state index in [1.807, 2.05) is 30.3 Å². The zero-order valence-corrected chi connectivity index (χ0v) is 17.2. The zero-order valence-electron chi connectivity index (χ0n) is 15.6. The van der Waals surface area contributed by atoms with Gasteiger partial charge >= 0.3 is 10.4 Å². The lowest BCUT2D eigenvalue weighted by molar-refractivity contribution is 0.0113. The number of hydrogen-bond donors (Lipinski definition) is 3. The molecular formula is C18H29O7S2+. The lowest BCUT2D eigenvalue weighted by Crippen LogP contribution is -2.41. The minimum Gasteiger partial charge on any atom is -0.394 e. The van der Waals surface area contributed by atoms with Crippen molar-refractivity contribution in [2.45, 2.75) is 50.4 Å². The monoisotopic (exact) mass is 421 g/mol. The van der Waals surface area contributed by atoms with Gasteiger partial charge < -0.3 is 14.9 Å². The minimum absolute atomic E-state index is 0.0563. The normalized spacial score (nSPS) is 28.2. The van der Waals surface area contributed by atoms with Crippen LogP contribution in [0, 0.1) is 5.92 Å². The second-order valence-electron chi connectivity index (χ2n) is 6.82. The van der Waals surface area contributed by atoms with Crippen LogP contribution in [-0.4, -0.2) is 64.9 Å². The molecule has 6 atom stereocenters. The molecule has 1 heterocycles. The first-order chi connectivity index (χ1) is 12.7. The van der Waals surface area contributed by atoms with Crippen LogP contribution in [0.4, 0.5) is 0 Å². The van der Waals surface area contributed by atoms with Crippen LogP contribution in [0.25, 0.3) is 0 Å². The van der Waals surface area contributed by atoms with E-state index in [9.17, 15) is 18.6 Å². The predicted molar refractivity (Wildman–Crippen MR) is 105 cm³/mol. The highest BCUT2D eigenvalue weighted by Gasteiger charge is 2.49. The third kappa shape index (κ3) is 6.70. The van der Waals surface area contributed by atoms with Crippen LogP contribution in [0.2, 0.25) is 0 Å². The third-order valence-electron chi connectivity index (χ3n) is 4.93. The average Bonchev–Trinajstić information content (AvgIpc) is 2.92. The van der Waals surface area contributed by atoms with Gasteiger partial charge in [0.25, 0.3) is 0 Å². The van der Waals surface area contributed by atoms with Crippen LogP contribution in [0.5, 0.6) is 0 Å². The zero-order chi connectivity index (χ0) is 20.0. The molecule has 0 aliphatic carbocycles. The number of ether oxygens (including phenoxy) is 1. The van der Waals surface area contributed by atoms with E-state index in [0.29, 0.717) is 23.5 Å². The van der Waals surface area contributed by atoms with Crippen LogP contribution in [0.1, 0.15) is 25.8 Å². The molecule has 0 bridgehead atoms. The fourth-order valence-electron chi connectivity index (χ4n) is 3.50. The Morgan fingerprint density at radius 3 is 2.52 bits per heavy atom. The van der Waals surface area contributed by atoms with Crippen LogP contribution < -0.4 is 0 Å². The Morgan fingerprint density at radius 2 is 1.96 bits per heavy atom. The quantitative estimate of drug-likeness (QED) is 0.384. The van der Waals surface area contributed by atoms with Crippen molar-refractivity contribution in [3.63, 3.8) is 0 Å². The number of aliphatic hydroxyl groups excluding tert-OH is 2. The van der Waals surface area contributed by atoms with Gasteiger partial charge in [0.05, 0.1) is 13.2 Å². The molecule has 27 heavy (non-hydrogen) atoms. The first-order valence-electron chi connectivity index (χ1n) is 9.01. The summed E-state index contributed by atoms with van der Waals surface area (Å²) in [5.74, 6) is 1.38. The molecule has 0 spiro atoms. The highest BCUT2D eigenvalue weighted by atomic mass is 32.3. The average molecular weight is 422 g/mol. The molecule has 9 heteroatoms. The summed E-state index contributed by atoms with van der Waals surface area (Å²) >= 11 is 0. The van der Waals surface area contributed by atoms with Crippen LogP contribution in [-0.2, 0) is 36.8 Å². The molecule has 1 aliphatic heterocycles. The van der Waals surface area contributed by atoms with Crippen molar-refractivity contribution in [2.75, 3.05) is 18.1 Å². The summed E-state index contributed by atoms with van der Waals surface area (Å²) in [5, 5.41) is 20.0. The molecule has 1 aliphatic rings. The van der Waals surface area contributed by atoms with Crippen molar-refractivity contribution in [1.29, 1.82) is 0 Å². The molecule has 0 aromatic heterocycles. The van der Waals surface area contributed by atoms with E-state index < -0.39 is 29.2 Å². The van der Waals surface area contributed by atoms with E-state index in [4.69, 9.17) is 9.29 Å². The van der Waals surface area contributed by atoms with Gasteiger partial charge in [0.1, 0.15) is 35.1 Å². The van der Waals surface area contributed by atoms with E-state index in [2.05, 4.69) is 18.0 Å². The van der Waals surface area contributed by atoms with Gasteiger partial charge in [0.15, 0.2) is 0 Å². The maximum Gasteiger partial charge on any atom is 0.397 e. The fraction of sp³-hybridized carbons (Fsp3) is 0.667. The summed E-state index contributed by atoms with van der Waals surface area (Å²) in [4.78, 5) is 0. The molecule has 1 fully saturated rings. The summed E-state index contributed by atoms with van der Waals surface area (Å²) in [5.41, 5.74) is 1.10. The van der Waals surface area contributed by atoms with Crippen molar-refractivity contribution in [1.82, 2.24) is 0 Å². The first-order valence-corrected chi connectivity index (χ1v) is 12.0. The standard InChI is InChI=1S/C18H28O7S2/c1-3-18-13(2)17(24-10-14-7-5-4-6-8-14)12-26(18)11-15(20)16(9-19)25-27(21,22)23/h4-8,13,15-20H,3,9-12H2,1-2H3/p+1/t13-,15+,16-,17+,18+,26?/m0/s1. The van der Waals surface area contributed by atoms with E-state index >= 15 is 0 Å². The van der Waals surface area contributed by atoms with Crippen molar-refractivity contribution < 1.29 is 32.1 Å². The predicted octanol–water partition coefficient (Wildman–Crippen LogP) is 1.16. The lowest BCUT2D eigenvalue weighted by Gasteiger charge is -2.20. The van der Waals surface area contributed by atoms with Crippen molar-refractivity contribution in [3.05, 3.63) is 35.9 Å². The molecule has 1 unspecified atom stereocenters. The largest absolute Gasteiger partial charge is 0.397 e. The number of hydrogen-bond acceptors (Lipinski definition) is 6. The summed E-state index contributed by atoms with van der Waals surface area (Å²) in [6.45, 7) is 4.06. The smallest absolute Gasteiger partial charge is 0.394 e.